The molecule has 0 N–H and O–H groups in total. The first-order chi connectivity index (χ1) is 4.43. The average molecular weight is 161 g/mol. The number of aryl methyl sites for hydroxylation is 1. The summed E-state index contributed by atoms with van der Waals surface area (Å²) < 4.78 is 0. The van der Waals surface area contributed by atoms with Crippen molar-refractivity contribution in [1.29, 1.82) is 0 Å². The molecule has 0 aliphatic rings. The number of thiophene rings is 1. The van der Waals surface area contributed by atoms with Gasteiger partial charge in [0.2, 0.25) is 0 Å². The Bertz CT molecular complexity index is 146. The van der Waals surface area contributed by atoms with Crippen LogP contribution < -0.4 is 0 Å². The molecule has 0 bridgehead atoms. The lowest BCUT2D eigenvalue weighted by Gasteiger charge is -1.89. The zero-order chi connectivity index (χ0) is 6.53. The van der Waals surface area contributed by atoms with Crippen LogP contribution in [-0.2, 0) is 6.42 Å². The SMILES string of the molecule is ClCCCc1ccsc1. The van der Waals surface area contributed by atoms with Crippen molar-refractivity contribution in [2.45, 2.75) is 12.8 Å². The standard InChI is InChI=1S/C7H9ClS/c8-4-1-2-7-3-5-9-6-7/h3,5-6H,1-2,4H2. The first-order valence-corrected chi connectivity index (χ1v) is 4.48. The lowest BCUT2D eigenvalue weighted by Crippen LogP contribution is -1.80. The molecule has 1 rings (SSSR count). The van der Waals surface area contributed by atoms with Crippen LogP contribution >= 0.6 is 22.9 Å². The van der Waals surface area contributed by atoms with Gasteiger partial charge in [0.1, 0.15) is 0 Å². The van der Waals surface area contributed by atoms with Crippen molar-refractivity contribution in [3.63, 3.8) is 0 Å². The van der Waals surface area contributed by atoms with Crippen molar-refractivity contribution >= 4 is 22.9 Å². The van der Waals surface area contributed by atoms with E-state index in [0.717, 1.165) is 18.7 Å². The number of hydrogen-bond acceptors (Lipinski definition) is 1. The Hall–Kier alpha value is -0.0100. The molecule has 9 heavy (non-hydrogen) atoms. The highest BCUT2D eigenvalue weighted by Gasteiger charge is 1.89. The summed E-state index contributed by atoms with van der Waals surface area (Å²) in [6, 6.07) is 2.15. The van der Waals surface area contributed by atoms with E-state index in [0.29, 0.717) is 0 Å². The van der Waals surface area contributed by atoms with Gasteiger partial charge in [0.05, 0.1) is 0 Å². The van der Waals surface area contributed by atoms with Gasteiger partial charge >= 0.3 is 0 Å². The molecule has 1 aromatic rings. The monoisotopic (exact) mass is 160 g/mol. The minimum atomic E-state index is 0.774. The highest BCUT2D eigenvalue weighted by atomic mass is 35.5. The zero-order valence-electron chi connectivity index (χ0n) is 5.14. The Balaban J connectivity index is 2.30. The molecule has 0 nitrogen and oxygen atoms in total. The molecule has 2 heteroatoms. The van der Waals surface area contributed by atoms with Gasteiger partial charge in [-0.1, -0.05) is 0 Å². The molecule has 0 aliphatic heterocycles. The lowest BCUT2D eigenvalue weighted by atomic mass is 10.2. The quantitative estimate of drug-likeness (QED) is 0.597. The first kappa shape index (κ1) is 7.10. The van der Waals surface area contributed by atoms with Crippen LogP contribution in [0.15, 0.2) is 16.8 Å². The fourth-order valence-electron chi connectivity index (χ4n) is 0.706. The topological polar surface area (TPSA) is 0 Å². The van der Waals surface area contributed by atoms with Gasteiger partial charge in [0.25, 0.3) is 0 Å². The van der Waals surface area contributed by atoms with E-state index in [1.807, 2.05) is 0 Å². The molecular formula is C7H9ClS. The normalized spacial score (nSPS) is 9.89. The van der Waals surface area contributed by atoms with Crippen LogP contribution in [0, 0.1) is 0 Å². The van der Waals surface area contributed by atoms with Crippen molar-refractivity contribution in [3.8, 4) is 0 Å². The average Bonchev–Trinajstić information content (AvgIpc) is 2.34. The Morgan fingerprint density at radius 2 is 2.44 bits per heavy atom. The second-order valence-electron chi connectivity index (χ2n) is 1.92. The molecule has 0 saturated carbocycles. The maximum Gasteiger partial charge on any atom is 0.0226 e. The molecule has 0 aliphatic carbocycles. The van der Waals surface area contributed by atoms with E-state index in [9.17, 15) is 0 Å². The summed E-state index contributed by atoms with van der Waals surface area (Å²) >= 11 is 7.27. The van der Waals surface area contributed by atoms with Crippen LogP contribution in [-0.4, -0.2) is 5.88 Å². The Morgan fingerprint density at radius 1 is 1.56 bits per heavy atom. The third kappa shape index (κ3) is 2.37. The minimum absolute atomic E-state index is 0.774. The summed E-state index contributed by atoms with van der Waals surface area (Å²) in [6.45, 7) is 0. The number of rotatable bonds is 3. The van der Waals surface area contributed by atoms with Crippen LogP contribution in [0.2, 0.25) is 0 Å². The molecule has 0 fully saturated rings. The van der Waals surface area contributed by atoms with E-state index >= 15 is 0 Å². The fourth-order valence-corrected chi connectivity index (χ4v) is 1.54. The van der Waals surface area contributed by atoms with Gasteiger partial charge in [-0.2, -0.15) is 11.3 Å². The van der Waals surface area contributed by atoms with Crippen LogP contribution in [0.3, 0.4) is 0 Å². The van der Waals surface area contributed by atoms with Crippen molar-refractivity contribution in [2.75, 3.05) is 5.88 Å². The molecule has 1 heterocycles. The van der Waals surface area contributed by atoms with Gasteiger partial charge in [-0.3, -0.25) is 0 Å². The predicted octanol–water partition coefficient (Wildman–Crippen LogP) is 2.92. The number of hydrogen-bond donors (Lipinski definition) is 0. The second-order valence-corrected chi connectivity index (χ2v) is 3.08. The molecule has 0 radical (unpaired) electrons. The van der Waals surface area contributed by atoms with Crippen LogP contribution in [0.4, 0.5) is 0 Å². The lowest BCUT2D eigenvalue weighted by molar-refractivity contribution is 0.934. The smallest absolute Gasteiger partial charge is 0.0226 e. The highest BCUT2D eigenvalue weighted by Crippen LogP contribution is 2.08. The molecule has 0 unspecified atom stereocenters. The molecular weight excluding hydrogens is 152 g/mol. The summed E-state index contributed by atoms with van der Waals surface area (Å²) in [7, 11) is 0. The maximum absolute atomic E-state index is 5.52. The summed E-state index contributed by atoms with van der Waals surface area (Å²) in [4.78, 5) is 0. The zero-order valence-corrected chi connectivity index (χ0v) is 6.71. The predicted molar refractivity (Wildman–Crippen MR) is 43.4 cm³/mol. The van der Waals surface area contributed by atoms with Gasteiger partial charge in [-0.25, -0.2) is 0 Å². The molecule has 1 aromatic heterocycles. The van der Waals surface area contributed by atoms with E-state index in [4.69, 9.17) is 11.6 Å². The molecule has 0 aromatic carbocycles. The van der Waals surface area contributed by atoms with Crippen molar-refractivity contribution < 1.29 is 0 Å². The van der Waals surface area contributed by atoms with E-state index < -0.39 is 0 Å². The maximum atomic E-state index is 5.52. The molecule has 0 saturated heterocycles. The van der Waals surface area contributed by atoms with Crippen LogP contribution in [0.25, 0.3) is 0 Å². The number of alkyl halides is 1. The summed E-state index contributed by atoms with van der Waals surface area (Å²) in [5.41, 5.74) is 1.42. The van der Waals surface area contributed by atoms with Crippen LogP contribution in [0.5, 0.6) is 0 Å². The Kier molecular flexibility index (Phi) is 3.09. The van der Waals surface area contributed by atoms with Gasteiger partial charge in [0.15, 0.2) is 0 Å². The first-order valence-electron chi connectivity index (χ1n) is 3.00. The number of halogens is 1. The molecule has 0 atom stereocenters. The summed E-state index contributed by atoms with van der Waals surface area (Å²) in [6.07, 6.45) is 2.23. The minimum Gasteiger partial charge on any atom is -0.152 e. The summed E-state index contributed by atoms with van der Waals surface area (Å²) in [5.74, 6) is 0.774. The Morgan fingerprint density at radius 3 is 3.00 bits per heavy atom. The van der Waals surface area contributed by atoms with Crippen molar-refractivity contribution in [3.05, 3.63) is 22.4 Å². The van der Waals surface area contributed by atoms with E-state index in [2.05, 4.69) is 16.8 Å². The summed E-state index contributed by atoms with van der Waals surface area (Å²) in [5, 5.41) is 4.27. The second kappa shape index (κ2) is 3.91. The van der Waals surface area contributed by atoms with Crippen molar-refractivity contribution in [1.82, 2.24) is 0 Å². The van der Waals surface area contributed by atoms with Gasteiger partial charge < -0.3 is 0 Å². The molecule has 50 valence electrons. The fraction of sp³-hybridized carbons (Fsp3) is 0.429. The van der Waals surface area contributed by atoms with E-state index in [1.165, 1.54) is 5.56 Å². The van der Waals surface area contributed by atoms with E-state index in [1.54, 1.807) is 11.3 Å². The third-order valence-electron chi connectivity index (χ3n) is 1.18. The molecule has 0 amide bonds. The van der Waals surface area contributed by atoms with Gasteiger partial charge in [-0.05, 0) is 35.2 Å². The van der Waals surface area contributed by atoms with Crippen molar-refractivity contribution in [2.24, 2.45) is 0 Å². The van der Waals surface area contributed by atoms with Gasteiger partial charge in [0, 0.05) is 5.88 Å². The van der Waals surface area contributed by atoms with E-state index in [-0.39, 0.29) is 0 Å². The molecule has 0 spiro atoms. The van der Waals surface area contributed by atoms with Gasteiger partial charge in [-0.15, -0.1) is 11.6 Å². The Labute approximate surface area is 64.5 Å². The highest BCUT2D eigenvalue weighted by molar-refractivity contribution is 7.07. The largest absolute Gasteiger partial charge is 0.152 e. The van der Waals surface area contributed by atoms with Crippen LogP contribution in [0.1, 0.15) is 12.0 Å². The third-order valence-corrected chi connectivity index (χ3v) is 2.18.